The fourth-order valence-electron chi connectivity index (χ4n) is 1.63. The number of halogens is 1. The van der Waals surface area contributed by atoms with Gasteiger partial charge in [0.1, 0.15) is 0 Å². The van der Waals surface area contributed by atoms with Crippen molar-refractivity contribution in [3.05, 3.63) is 28.8 Å². The van der Waals surface area contributed by atoms with Crippen molar-refractivity contribution in [2.24, 2.45) is 0 Å². The van der Waals surface area contributed by atoms with Gasteiger partial charge in [-0.3, -0.25) is 0 Å². The number of hydrogen-bond donors (Lipinski definition) is 2. The quantitative estimate of drug-likeness (QED) is 0.810. The van der Waals surface area contributed by atoms with Gasteiger partial charge in [-0.05, 0) is 24.6 Å². The number of aliphatic hydroxyl groups is 1. The minimum absolute atomic E-state index is 0.0655. The van der Waals surface area contributed by atoms with Crippen molar-refractivity contribution < 1.29 is 9.84 Å². The van der Waals surface area contributed by atoms with E-state index < -0.39 is 6.10 Å². The molecule has 1 saturated heterocycles. The maximum absolute atomic E-state index is 9.58. The summed E-state index contributed by atoms with van der Waals surface area (Å²) in [5.41, 5.74) is 1.99. The number of ether oxygens (including phenoxy) is 1. The average Bonchev–Trinajstić information content (AvgIpc) is 2.58. The van der Waals surface area contributed by atoms with Crippen molar-refractivity contribution in [2.45, 2.75) is 19.1 Å². The summed E-state index contributed by atoms with van der Waals surface area (Å²) >= 11 is 6.04. The van der Waals surface area contributed by atoms with E-state index >= 15 is 0 Å². The summed E-state index contributed by atoms with van der Waals surface area (Å²) in [4.78, 5) is 0. The fourth-order valence-corrected chi connectivity index (χ4v) is 1.80. The lowest BCUT2D eigenvalue weighted by Gasteiger charge is -2.17. The predicted molar refractivity (Wildman–Crippen MR) is 60.4 cm³/mol. The van der Waals surface area contributed by atoms with Crippen LogP contribution in [0.5, 0.6) is 0 Å². The zero-order valence-electron chi connectivity index (χ0n) is 8.53. The largest absolute Gasteiger partial charge is 0.388 e. The Morgan fingerprint density at radius 3 is 2.93 bits per heavy atom. The molecule has 2 N–H and O–H groups in total. The molecule has 82 valence electrons. The number of aliphatic hydroxyl groups excluding tert-OH is 1. The molecule has 2 unspecified atom stereocenters. The molecular weight excluding hydrogens is 214 g/mol. The van der Waals surface area contributed by atoms with Gasteiger partial charge < -0.3 is 15.2 Å². The number of hydrogen-bond acceptors (Lipinski definition) is 3. The van der Waals surface area contributed by atoms with Crippen LogP contribution in [0.4, 0.5) is 5.69 Å². The molecule has 1 aliphatic heterocycles. The summed E-state index contributed by atoms with van der Waals surface area (Å²) < 4.78 is 5.16. The summed E-state index contributed by atoms with van der Waals surface area (Å²) in [5, 5.41) is 13.4. The Morgan fingerprint density at radius 2 is 2.27 bits per heavy atom. The van der Waals surface area contributed by atoms with Gasteiger partial charge in [-0.15, -0.1) is 0 Å². The molecule has 0 amide bonds. The molecule has 0 aromatic heterocycles. The van der Waals surface area contributed by atoms with Gasteiger partial charge in [0.2, 0.25) is 0 Å². The van der Waals surface area contributed by atoms with Crippen LogP contribution in [-0.4, -0.2) is 30.5 Å². The van der Waals surface area contributed by atoms with Crippen LogP contribution >= 0.6 is 11.6 Å². The summed E-state index contributed by atoms with van der Waals surface area (Å²) in [6.07, 6.45) is -0.457. The molecule has 1 aromatic rings. The van der Waals surface area contributed by atoms with E-state index in [1.54, 1.807) is 0 Å². The smallest absolute Gasteiger partial charge is 0.0996 e. The third-order valence-corrected chi connectivity index (χ3v) is 2.84. The minimum atomic E-state index is -0.457. The van der Waals surface area contributed by atoms with Crippen LogP contribution in [0.3, 0.4) is 0 Å². The normalized spacial score (nSPS) is 25.5. The standard InChI is InChI=1S/C11H14ClNO2/c1-7-2-3-8(12)9(4-7)13-10-5-15-6-11(10)14/h2-4,10-11,13-14H,5-6H2,1H3. The predicted octanol–water partition coefficient (Wildman–Crippen LogP) is 1.82. The van der Waals surface area contributed by atoms with Crippen molar-refractivity contribution in [3.8, 4) is 0 Å². The third-order valence-electron chi connectivity index (χ3n) is 2.51. The molecule has 0 aliphatic carbocycles. The third kappa shape index (κ3) is 2.43. The molecule has 4 heteroatoms. The highest BCUT2D eigenvalue weighted by molar-refractivity contribution is 6.33. The summed E-state index contributed by atoms with van der Waals surface area (Å²) in [7, 11) is 0. The van der Waals surface area contributed by atoms with E-state index in [2.05, 4.69) is 5.32 Å². The second-order valence-corrected chi connectivity index (χ2v) is 4.25. The van der Waals surface area contributed by atoms with E-state index in [0.717, 1.165) is 11.3 Å². The van der Waals surface area contributed by atoms with Crippen LogP contribution < -0.4 is 5.32 Å². The molecule has 0 spiro atoms. The topological polar surface area (TPSA) is 41.5 Å². The first kappa shape index (κ1) is 10.7. The maximum atomic E-state index is 9.58. The van der Waals surface area contributed by atoms with Gasteiger partial charge in [-0.2, -0.15) is 0 Å². The van der Waals surface area contributed by atoms with Gasteiger partial charge in [-0.1, -0.05) is 17.7 Å². The first-order valence-electron chi connectivity index (χ1n) is 4.95. The van der Waals surface area contributed by atoms with E-state index in [9.17, 15) is 5.11 Å². The number of nitrogens with one attached hydrogen (secondary N) is 1. The second-order valence-electron chi connectivity index (χ2n) is 3.84. The zero-order chi connectivity index (χ0) is 10.8. The van der Waals surface area contributed by atoms with Crippen LogP contribution in [0.15, 0.2) is 18.2 Å². The van der Waals surface area contributed by atoms with Crippen molar-refractivity contribution >= 4 is 17.3 Å². The molecule has 0 bridgehead atoms. The Hall–Kier alpha value is -0.770. The first-order valence-corrected chi connectivity index (χ1v) is 5.33. The van der Waals surface area contributed by atoms with E-state index in [0.29, 0.717) is 18.2 Å². The van der Waals surface area contributed by atoms with Crippen LogP contribution in [0.25, 0.3) is 0 Å². The van der Waals surface area contributed by atoms with Crippen molar-refractivity contribution in [2.75, 3.05) is 18.5 Å². The van der Waals surface area contributed by atoms with Crippen LogP contribution in [-0.2, 0) is 4.74 Å². The second kappa shape index (κ2) is 4.39. The average molecular weight is 228 g/mol. The van der Waals surface area contributed by atoms with Gasteiger partial charge in [0.15, 0.2) is 0 Å². The van der Waals surface area contributed by atoms with Crippen LogP contribution in [0.1, 0.15) is 5.56 Å². The Balaban J connectivity index is 2.12. The lowest BCUT2D eigenvalue weighted by Crippen LogP contribution is -2.31. The lowest BCUT2D eigenvalue weighted by molar-refractivity contribution is 0.125. The van der Waals surface area contributed by atoms with Crippen molar-refractivity contribution in [3.63, 3.8) is 0 Å². The summed E-state index contributed by atoms with van der Waals surface area (Å²) in [5.74, 6) is 0. The monoisotopic (exact) mass is 227 g/mol. The highest BCUT2D eigenvalue weighted by atomic mass is 35.5. The Labute approximate surface area is 94.0 Å². The molecule has 2 rings (SSSR count). The van der Waals surface area contributed by atoms with E-state index in [-0.39, 0.29) is 6.04 Å². The number of anilines is 1. The van der Waals surface area contributed by atoms with E-state index in [1.165, 1.54) is 0 Å². The minimum Gasteiger partial charge on any atom is -0.388 e. The summed E-state index contributed by atoms with van der Waals surface area (Å²) in [6, 6.07) is 5.70. The molecule has 0 saturated carbocycles. The van der Waals surface area contributed by atoms with Crippen molar-refractivity contribution in [1.82, 2.24) is 0 Å². The van der Waals surface area contributed by atoms with Gasteiger partial charge in [0.05, 0.1) is 36.1 Å². The van der Waals surface area contributed by atoms with Gasteiger partial charge in [0.25, 0.3) is 0 Å². The van der Waals surface area contributed by atoms with Gasteiger partial charge in [0, 0.05) is 0 Å². The number of benzene rings is 1. The molecule has 2 atom stereocenters. The van der Waals surface area contributed by atoms with Crippen LogP contribution in [0.2, 0.25) is 5.02 Å². The molecule has 15 heavy (non-hydrogen) atoms. The Kier molecular flexibility index (Phi) is 3.14. The Bertz CT molecular complexity index is 356. The zero-order valence-corrected chi connectivity index (χ0v) is 9.29. The highest BCUT2D eigenvalue weighted by Crippen LogP contribution is 2.24. The van der Waals surface area contributed by atoms with Crippen molar-refractivity contribution in [1.29, 1.82) is 0 Å². The van der Waals surface area contributed by atoms with Gasteiger partial charge in [-0.25, -0.2) is 0 Å². The molecule has 1 fully saturated rings. The number of aryl methyl sites for hydroxylation is 1. The Morgan fingerprint density at radius 1 is 1.47 bits per heavy atom. The number of rotatable bonds is 2. The molecular formula is C11H14ClNO2. The lowest BCUT2D eigenvalue weighted by atomic mass is 10.1. The molecule has 1 aromatic carbocycles. The van der Waals surface area contributed by atoms with E-state index in [4.69, 9.17) is 16.3 Å². The SMILES string of the molecule is Cc1ccc(Cl)c(NC2COCC2O)c1. The molecule has 3 nitrogen and oxygen atoms in total. The van der Waals surface area contributed by atoms with E-state index in [1.807, 2.05) is 25.1 Å². The molecule has 1 aliphatic rings. The summed E-state index contributed by atoms with van der Waals surface area (Å²) in [6.45, 7) is 2.91. The first-order chi connectivity index (χ1) is 7.16. The maximum Gasteiger partial charge on any atom is 0.0996 e. The molecule has 1 heterocycles. The highest BCUT2D eigenvalue weighted by Gasteiger charge is 2.26. The van der Waals surface area contributed by atoms with Gasteiger partial charge >= 0.3 is 0 Å². The fraction of sp³-hybridized carbons (Fsp3) is 0.455. The molecule has 0 radical (unpaired) electrons. The van der Waals surface area contributed by atoms with Crippen LogP contribution in [0, 0.1) is 6.92 Å².